The first-order valence-electron chi connectivity index (χ1n) is 5.92. The normalized spacial score (nSPS) is 10.6. The Morgan fingerprint density at radius 1 is 1.05 bits per heavy atom. The number of halogens is 3. The van der Waals surface area contributed by atoms with Crippen LogP contribution in [-0.4, -0.2) is 9.97 Å². The predicted molar refractivity (Wildman–Crippen MR) is 90.1 cm³/mol. The van der Waals surface area contributed by atoms with Crippen molar-refractivity contribution in [2.24, 2.45) is 0 Å². The molecule has 0 spiro atoms. The van der Waals surface area contributed by atoms with E-state index in [0.29, 0.717) is 25.3 Å². The van der Waals surface area contributed by atoms with E-state index in [4.69, 9.17) is 34.8 Å². The van der Waals surface area contributed by atoms with E-state index in [0.717, 1.165) is 11.3 Å². The van der Waals surface area contributed by atoms with Crippen molar-refractivity contribution in [2.75, 3.05) is 5.32 Å². The second kappa shape index (κ2) is 6.20. The van der Waals surface area contributed by atoms with Crippen LogP contribution < -0.4 is 5.32 Å². The Bertz CT molecular complexity index is 789. The van der Waals surface area contributed by atoms with Crippen LogP contribution in [0.1, 0.15) is 0 Å². The minimum Gasteiger partial charge on any atom is -0.324 e. The number of rotatable bonds is 3. The zero-order valence-corrected chi connectivity index (χ0v) is 13.6. The van der Waals surface area contributed by atoms with Crippen LogP contribution in [0.5, 0.6) is 0 Å². The maximum absolute atomic E-state index is 6.15. The molecular formula is C14H8Cl3N3S. The summed E-state index contributed by atoms with van der Waals surface area (Å²) in [6, 6.07) is 10.9. The second-order valence-electron chi connectivity index (χ2n) is 4.14. The van der Waals surface area contributed by atoms with Crippen molar-refractivity contribution < 1.29 is 0 Å². The fourth-order valence-corrected chi connectivity index (χ4v) is 3.45. The van der Waals surface area contributed by atoms with E-state index >= 15 is 0 Å². The van der Waals surface area contributed by atoms with Gasteiger partial charge in [-0.1, -0.05) is 40.9 Å². The van der Waals surface area contributed by atoms with Crippen molar-refractivity contribution in [3.05, 3.63) is 56.3 Å². The average molecular weight is 357 g/mol. The summed E-state index contributed by atoms with van der Waals surface area (Å²) in [4.78, 5) is 8.63. The van der Waals surface area contributed by atoms with Crippen LogP contribution in [0.25, 0.3) is 11.3 Å². The Balaban J connectivity index is 1.92. The molecule has 0 saturated heterocycles. The number of thiophene rings is 1. The Morgan fingerprint density at radius 3 is 2.62 bits per heavy atom. The zero-order chi connectivity index (χ0) is 14.8. The number of nitrogens with zero attached hydrogens (tertiary/aromatic N) is 2. The SMILES string of the molecule is Clc1cccc(Nc2nccc(-c3cc(Cl)sc3Cl)n2)c1. The van der Waals surface area contributed by atoms with Crippen LogP contribution in [-0.2, 0) is 0 Å². The van der Waals surface area contributed by atoms with E-state index < -0.39 is 0 Å². The summed E-state index contributed by atoms with van der Waals surface area (Å²) in [5, 5.41) is 3.74. The summed E-state index contributed by atoms with van der Waals surface area (Å²) in [5.41, 5.74) is 2.32. The molecule has 0 aliphatic carbocycles. The van der Waals surface area contributed by atoms with Gasteiger partial charge in [-0.3, -0.25) is 0 Å². The van der Waals surface area contributed by atoms with Crippen molar-refractivity contribution in [1.29, 1.82) is 0 Å². The van der Waals surface area contributed by atoms with Gasteiger partial charge in [0.1, 0.15) is 4.34 Å². The molecule has 3 rings (SSSR count). The lowest BCUT2D eigenvalue weighted by molar-refractivity contribution is 1.17. The Morgan fingerprint density at radius 2 is 1.90 bits per heavy atom. The lowest BCUT2D eigenvalue weighted by Crippen LogP contribution is -1.97. The number of aromatic nitrogens is 2. The highest BCUT2D eigenvalue weighted by atomic mass is 35.5. The summed E-state index contributed by atoms with van der Waals surface area (Å²) in [7, 11) is 0. The van der Waals surface area contributed by atoms with Gasteiger partial charge in [-0.15, -0.1) is 11.3 Å². The minimum absolute atomic E-state index is 0.466. The molecule has 0 bridgehead atoms. The molecule has 0 radical (unpaired) electrons. The van der Waals surface area contributed by atoms with E-state index in [1.165, 1.54) is 11.3 Å². The first-order chi connectivity index (χ1) is 10.1. The highest BCUT2D eigenvalue weighted by molar-refractivity contribution is 7.20. The van der Waals surface area contributed by atoms with Crippen LogP contribution in [0.2, 0.25) is 13.7 Å². The van der Waals surface area contributed by atoms with Crippen LogP contribution in [0.15, 0.2) is 42.6 Å². The van der Waals surface area contributed by atoms with Crippen LogP contribution in [0.3, 0.4) is 0 Å². The van der Waals surface area contributed by atoms with Gasteiger partial charge >= 0.3 is 0 Å². The Kier molecular flexibility index (Phi) is 4.31. The van der Waals surface area contributed by atoms with Gasteiger partial charge in [-0.05, 0) is 30.3 Å². The van der Waals surface area contributed by atoms with Crippen molar-refractivity contribution in [2.45, 2.75) is 0 Å². The fourth-order valence-electron chi connectivity index (χ4n) is 1.78. The van der Waals surface area contributed by atoms with Crippen LogP contribution in [0.4, 0.5) is 11.6 Å². The van der Waals surface area contributed by atoms with Gasteiger partial charge in [0, 0.05) is 22.5 Å². The molecule has 0 amide bonds. The first kappa shape index (κ1) is 14.6. The van der Waals surface area contributed by atoms with E-state index in [9.17, 15) is 0 Å². The number of hydrogen-bond acceptors (Lipinski definition) is 4. The maximum Gasteiger partial charge on any atom is 0.227 e. The number of hydrogen-bond donors (Lipinski definition) is 1. The van der Waals surface area contributed by atoms with Crippen molar-refractivity contribution in [3.63, 3.8) is 0 Å². The molecule has 0 fully saturated rings. The third-order valence-electron chi connectivity index (χ3n) is 2.67. The Hall–Kier alpha value is -1.33. The van der Waals surface area contributed by atoms with E-state index in [-0.39, 0.29) is 0 Å². The molecular weight excluding hydrogens is 349 g/mol. The molecule has 0 aliphatic rings. The van der Waals surface area contributed by atoms with Crippen molar-refractivity contribution >= 4 is 57.8 Å². The number of nitrogens with one attached hydrogen (secondary N) is 1. The van der Waals surface area contributed by atoms with Gasteiger partial charge in [0.05, 0.1) is 10.0 Å². The number of anilines is 2. The summed E-state index contributed by atoms with van der Waals surface area (Å²) < 4.78 is 1.23. The quantitative estimate of drug-likeness (QED) is 0.634. The van der Waals surface area contributed by atoms with Gasteiger partial charge in [0.25, 0.3) is 0 Å². The largest absolute Gasteiger partial charge is 0.324 e. The average Bonchev–Trinajstić information content (AvgIpc) is 2.78. The highest BCUT2D eigenvalue weighted by Gasteiger charge is 2.10. The molecule has 21 heavy (non-hydrogen) atoms. The van der Waals surface area contributed by atoms with Crippen molar-refractivity contribution in [3.8, 4) is 11.3 Å². The van der Waals surface area contributed by atoms with Gasteiger partial charge in [-0.2, -0.15) is 0 Å². The molecule has 1 aromatic carbocycles. The fraction of sp³-hybridized carbons (Fsp3) is 0. The summed E-state index contributed by atoms with van der Waals surface area (Å²) in [6.07, 6.45) is 1.66. The molecule has 0 saturated carbocycles. The van der Waals surface area contributed by atoms with Gasteiger partial charge < -0.3 is 5.32 Å². The highest BCUT2D eigenvalue weighted by Crippen LogP contribution is 2.37. The van der Waals surface area contributed by atoms with E-state index in [1.807, 2.05) is 12.1 Å². The molecule has 0 atom stereocenters. The van der Waals surface area contributed by atoms with Crippen LogP contribution >= 0.6 is 46.1 Å². The lowest BCUT2D eigenvalue weighted by atomic mass is 10.2. The van der Waals surface area contributed by atoms with Gasteiger partial charge in [-0.25, -0.2) is 9.97 Å². The molecule has 2 heterocycles. The molecule has 106 valence electrons. The molecule has 0 unspecified atom stereocenters. The summed E-state index contributed by atoms with van der Waals surface area (Å²) >= 11 is 19.4. The van der Waals surface area contributed by atoms with Crippen LogP contribution in [0, 0.1) is 0 Å². The monoisotopic (exact) mass is 355 g/mol. The second-order valence-corrected chi connectivity index (χ2v) is 6.86. The van der Waals surface area contributed by atoms with E-state index in [1.54, 1.807) is 30.5 Å². The van der Waals surface area contributed by atoms with Crippen molar-refractivity contribution in [1.82, 2.24) is 9.97 Å². The van der Waals surface area contributed by atoms with E-state index in [2.05, 4.69) is 15.3 Å². The Labute approximate surface area is 140 Å². The number of benzene rings is 1. The smallest absolute Gasteiger partial charge is 0.227 e. The summed E-state index contributed by atoms with van der Waals surface area (Å²) in [5.74, 6) is 0.466. The molecule has 7 heteroatoms. The summed E-state index contributed by atoms with van der Waals surface area (Å²) in [6.45, 7) is 0. The molecule has 3 aromatic rings. The topological polar surface area (TPSA) is 37.8 Å². The molecule has 0 aliphatic heterocycles. The van der Waals surface area contributed by atoms with Gasteiger partial charge in [0.2, 0.25) is 5.95 Å². The first-order valence-corrected chi connectivity index (χ1v) is 7.88. The molecule has 2 aromatic heterocycles. The third kappa shape index (κ3) is 3.47. The molecule has 3 nitrogen and oxygen atoms in total. The lowest BCUT2D eigenvalue weighted by Gasteiger charge is -2.06. The predicted octanol–water partition coefficient (Wildman–Crippen LogP) is 5.91. The standard InChI is InChI=1S/C14H8Cl3N3S/c15-8-2-1-3-9(6-8)19-14-18-5-4-11(20-14)10-7-12(16)21-13(10)17/h1-7H,(H,18,19,20). The maximum atomic E-state index is 6.15. The third-order valence-corrected chi connectivity index (χ3v) is 4.39. The zero-order valence-electron chi connectivity index (χ0n) is 10.5. The minimum atomic E-state index is 0.466. The molecule has 1 N–H and O–H groups in total. The van der Waals surface area contributed by atoms with Gasteiger partial charge in [0.15, 0.2) is 0 Å².